The van der Waals surface area contributed by atoms with Crippen LogP contribution >= 0.6 is 0 Å². The average Bonchev–Trinajstić information content (AvgIpc) is 3.03. The molecule has 1 aliphatic rings. The van der Waals surface area contributed by atoms with Crippen LogP contribution in [0.4, 0.5) is 0 Å². The van der Waals surface area contributed by atoms with Gasteiger partial charge < -0.3 is 4.98 Å². The zero-order valence-corrected chi connectivity index (χ0v) is 14.3. The smallest absolute Gasteiger partial charge is 0.255 e. The third-order valence-electron chi connectivity index (χ3n) is 4.55. The number of H-pyrrole nitrogens is 1. The van der Waals surface area contributed by atoms with E-state index in [1.165, 1.54) is 5.56 Å². The summed E-state index contributed by atoms with van der Waals surface area (Å²) in [6.07, 6.45) is 4.81. The quantitative estimate of drug-likeness (QED) is 0.790. The van der Waals surface area contributed by atoms with Crippen molar-refractivity contribution in [2.75, 3.05) is 6.54 Å². The molecule has 1 aromatic carbocycles. The van der Waals surface area contributed by atoms with Crippen LogP contribution in [-0.2, 0) is 26.1 Å². The molecular formula is C19H21N5O. The summed E-state index contributed by atoms with van der Waals surface area (Å²) in [6, 6.07) is 10.3. The Bertz CT molecular complexity index is 928. The van der Waals surface area contributed by atoms with Gasteiger partial charge in [0.05, 0.1) is 24.0 Å². The van der Waals surface area contributed by atoms with E-state index in [0.29, 0.717) is 12.4 Å². The molecule has 3 heterocycles. The van der Waals surface area contributed by atoms with Crippen molar-refractivity contribution in [2.24, 2.45) is 0 Å². The third kappa shape index (κ3) is 3.53. The molecule has 0 saturated heterocycles. The number of aryl methyl sites for hydroxylation is 1. The molecule has 0 radical (unpaired) electrons. The number of hydrogen-bond acceptors (Lipinski definition) is 4. The van der Waals surface area contributed by atoms with Crippen molar-refractivity contribution in [2.45, 2.75) is 33.0 Å². The van der Waals surface area contributed by atoms with Crippen LogP contribution in [0.15, 0.2) is 47.5 Å². The Morgan fingerprint density at radius 1 is 1.16 bits per heavy atom. The molecule has 3 aromatic rings. The first-order chi connectivity index (χ1) is 12.2. The van der Waals surface area contributed by atoms with Crippen LogP contribution in [0, 0.1) is 6.92 Å². The number of aromatic nitrogens is 4. The van der Waals surface area contributed by atoms with Crippen molar-refractivity contribution in [1.82, 2.24) is 24.6 Å². The molecule has 4 rings (SSSR count). The highest BCUT2D eigenvalue weighted by atomic mass is 16.1. The summed E-state index contributed by atoms with van der Waals surface area (Å²) in [5.41, 5.74) is 4.13. The van der Waals surface area contributed by atoms with Gasteiger partial charge in [0, 0.05) is 37.8 Å². The molecule has 0 bridgehead atoms. The van der Waals surface area contributed by atoms with Gasteiger partial charge in [-0.25, -0.2) is 4.98 Å². The van der Waals surface area contributed by atoms with Crippen LogP contribution in [0.5, 0.6) is 0 Å². The second kappa shape index (κ2) is 6.64. The highest BCUT2D eigenvalue weighted by Crippen LogP contribution is 2.16. The number of nitrogens with zero attached hydrogens (tertiary/aromatic N) is 4. The van der Waals surface area contributed by atoms with E-state index in [0.717, 1.165) is 42.9 Å². The zero-order chi connectivity index (χ0) is 17.2. The first-order valence-electron chi connectivity index (χ1n) is 8.53. The lowest BCUT2D eigenvalue weighted by molar-refractivity contribution is 0.241. The van der Waals surface area contributed by atoms with Crippen molar-refractivity contribution < 1.29 is 0 Å². The summed E-state index contributed by atoms with van der Waals surface area (Å²) in [4.78, 5) is 21.7. The topological polar surface area (TPSA) is 66.8 Å². The monoisotopic (exact) mass is 335 g/mol. The minimum absolute atomic E-state index is 0.00743. The Kier molecular flexibility index (Phi) is 4.19. The Morgan fingerprint density at radius 3 is 2.84 bits per heavy atom. The summed E-state index contributed by atoms with van der Waals surface area (Å²) in [7, 11) is 0. The van der Waals surface area contributed by atoms with E-state index < -0.39 is 0 Å². The average molecular weight is 335 g/mol. The molecule has 2 aromatic heterocycles. The molecular weight excluding hydrogens is 314 g/mol. The van der Waals surface area contributed by atoms with E-state index in [1.807, 2.05) is 36.0 Å². The highest BCUT2D eigenvalue weighted by Gasteiger charge is 2.21. The number of nitrogens with one attached hydrogen (secondary N) is 1. The van der Waals surface area contributed by atoms with Gasteiger partial charge >= 0.3 is 0 Å². The van der Waals surface area contributed by atoms with Gasteiger partial charge in [-0.3, -0.25) is 14.4 Å². The van der Waals surface area contributed by atoms with Crippen molar-refractivity contribution in [1.29, 1.82) is 0 Å². The number of rotatable bonds is 4. The van der Waals surface area contributed by atoms with Gasteiger partial charge in [-0.15, -0.1) is 0 Å². The second-order valence-electron chi connectivity index (χ2n) is 6.57. The fraction of sp³-hybridized carbons (Fsp3) is 0.316. The molecule has 0 fully saturated rings. The molecule has 0 atom stereocenters. The third-order valence-corrected chi connectivity index (χ3v) is 4.55. The van der Waals surface area contributed by atoms with Gasteiger partial charge in [-0.2, -0.15) is 5.10 Å². The predicted molar refractivity (Wildman–Crippen MR) is 95.2 cm³/mol. The predicted octanol–water partition coefficient (Wildman–Crippen LogP) is 1.88. The maximum absolute atomic E-state index is 12.2. The van der Waals surface area contributed by atoms with E-state index in [4.69, 9.17) is 0 Å². The number of benzene rings is 1. The largest absolute Gasteiger partial charge is 0.310 e. The van der Waals surface area contributed by atoms with Crippen LogP contribution in [0.3, 0.4) is 0 Å². The molecule has 0 saturated carbocycles. The van der Waals surface area contributed by atoms with Gasteiger partial charge in [-0.05, 0) is 12.5 Å². The summed E-state index contributed by atoms with van der Waals surface area (Å²) < 4.78 is 1.96. The van der Waals surface area contributed by atoms with E-state index >= 15 is 0 Å². The van der Waals surface area contributed by atoms with E-state index in [2.05, 4.69) is 38.3 Å². The van der Waals surface area contributed by atoms with Gasteiger partial charge in [0.15, 0.2) is 0 Å². The zero-order valence-electron chi connectivity index (χ0n) is 14.3. The van der Waals surface area contributed by atoms with Crippen LogP contribution in [-0.4, -0.2) is 31.2 Å². The van der Waals surface area contributed by atoms with E-state index in [9.17, 15) is 4.79 Å². The summed E-state index contributed by atoms with van der Waals surface area (Å²) in [6.45, 7) is 4.94. The van der Waals surface area contributed by atoms with Crippen LogP contribution in [0.1, 0.15) is 28.2 Å². The molecule has 128 valence electrons. The molecule has 0 spiro atoms. The summed E-state index contributed by atoms with van der Waals surface area (Å²) in [5.74, 6) is 0.694. The molecule has 1 N–H and O–H groups in total. The Hall–Kier alpha value is -2.73. The van der Waals surface area contributed by atoms with E-state index in [1.54, 1.807) is 0 Å². The van der Waals surface area contributed by atoms with Crippen LogP contribution < -0.4 is 5.56 Å². The van der Waals surface area contributed by atoms with Crippen LogP contribution in [0.25, 0.3) is 0 Å². The highest BCUT2D eigenvalue weighted by molar-refractivity contribution is 5.21. The molecule has 6 nitrogen and oxygen atoms in total. The van der Waals surface area contributed by atoms with Crippen LogP contribution in [0.2, 0.25) is 0 Å². The fourth-order valence-electron chi connectivity index (χ4n) is 3.34. The number of hydrogen-bond donors (Lipinski definition) is 1. The van der Waals surface area contributed by atoms with Crippen molar-refractivity contribution in [3.8, 4) is 0 Å². The lowest BCUT2D eigenvalue weighted by atomic mass is 10.1. The maximum Gasteiger partial charge on any atom is 0.255 e. The lowest BCUT2D eigenvalue weighted by Gasteiger charge is -2.27. The Labute approximate surface area is 146 Å². The SMILES string of the molecule is Cc1nc2c(c(=O)[nH]1)CN(Cc1cnn(Cc3ccccc3)c1)CC2. The lowest BCUT2D eigenvalue weighted by Crippen LogP contribution is -2.35. The molecule has 1 aliphatic heterocycles. The summed E-state index contributed by atoms with van der Waals surface area (Å²) >= 11 is 0. The maximum atomic E-state index is 12.2. The van der Waals surface area contributed by atoms with E-state index in [-0.39, 0.29) is 5.56 Å². The Morgan fingerprint density at radius 2 is 2.00 bits per heavy atom. The second-order valence-corrected chi connectivity index (χ2v) is 6.57. The standard InChI is InChI=1S/C19H21N5O/c1-14-21-18-7-8-23(13-17(18)19(25)22-14)10-16-9-20-24(12-16)11-15-5-3-2-4-6-15/h2-6,9,12H,7-8,10-11,13H2,1H3,(H,21,22,25). The molecule has 0 aliphatic carbocycles. The van der Waals surface area contributed by atoms with Gasteiger partial charge in [0.25, 0.3) is 5.56 Å². The molecule has 25 heavy (non-hydrogen) atoms. The number of fused-ring (bicyclic) bond motifs is 1. The van der Waals surface area contributed by atoms with Crippen molar-refractivity contribution in [3.05, 3.63) is 81.3 Å². The van der Waals surface area contributed by atoms with Gasteiger partial charge in [-0.1, -0.05) is 30.3 Å². The Balaban J connectivity index is 1.44. The first-order valence-corrected chi connectivity index (χ1v) is 8.53. The van der Waals surface area contributed by atoms with Crippen molar-refractivity contribution >= 4 is 0 Å². The van der Waals surface area contributed by atoms with Gasteiger partial charge in [0.2, 0.25) is 0 Å². The molecule has 0 unspecified atom stereocenters. The number of aromatic amines is 1. The normalized spacial score (nSPS) is 14.4. The minimum atomic E-state index is -0.00743. The minimum Gasteiger partial charge on any atom is -0.310 e. The fourth-order valence-corrected chi connectivity index (χ4v) is 3.34. The first kappa shape index (κ1) is 15.8. The molecule has 6 heteroatoms. The molecule has 0 amide bonds. The van der Waals surface area contributed by atoms with Crippen molar-refractivity contribution in [3.63, 3.8) is 0 Å². The van der Waals surface area contributed by atoms with Gasteiger partial charge in [0.1, 0.15) is 5.82 Å². The summed E-state index contributed by atoms with van der Waals surface area (Å²) in [5, 5.41) is 4.46.